The Balaban J connectivity index is 2.81. The first-order valence-corrected chi connectivity index (χ1v) is 8.55. The quantitative estimate of drug-likeness (QED) is 0.279. The van der Waals surface area contributed by atoms with Crippen LogP contribution in [0.4, 0.5) is 34.1 Å². The molecular weight excluding hydrogens is 480 g/mol. The SMILES string of the molecule is O=[N+]([O-])c1cc([N+](=O)[O-])c(CC(Cl)c2c([N+](=O)[O-])cc([N+](=O)[O-])cc2[N+](=O)[O-])c([N+](=O)[O-])c1. The molecule has 1 unspecified atom stereocenters. The summed E-state index contributed by atoms with van der Waals surface area (Å²) in [5.41, 5.74) is -8.35. The number of rotatable bonds is 9. The van der Waals surface area contributed by atoms with E-state index in [0.717, 1.165) is 0 Å². The third-order valence-electron chi connectivity index (χ3n) is 4.21. The lowest BCUT2D eigenvalue weighted by molar-refractivity contribution is -0.405. The minimum atomic E-state index is -1.91. The maximum Gasteiger partial charge on any atom is 0.287 e. The third-order valence-corrected chi connectivity index (χ3v) is 4.59. The van der Waals surface area contributed by atoms with Crippen LogP contribution in [-0.4, -0.2) is 29.5 Å². The van der Waals surface area contributed by atoms with Gasteiger partial charge < -0.3 is 0 Å². The molecule has 0 aliphatic heterocycles. The molecule has 2 aromatic rings. The minimum absolute atomic E-state index is 0.371. The Kier molecular flexibility index (Phi) is 6.72. The molecule has 0 aliphatic carbocycles. The normalized spacial score (nSPS) is 11.4. The van der Waals surface area contributed by atoms with E-state index in [-0.39, 0.29) is 0 Å². The number of benzene rings is 2. The second-order valence-corrected chi connectivity index (χ2v) is 6.60. The van der Waals surface area contributed by atoms with Gasteiger partial charge in [-0.1, -0.05) is 0 Å². The molecule has 172 valence electrons. The highest BCUT2D eigenvalue weighted by molar-refractivity contribution is 6.21. The van der Waals surface area contributed by atoms with Gasteiger partial charge >= 0.3 is 0 Å². The van der Waals surface area contributed by atoms with Crippen LogP contribution in [0.3, 0.4) is 0 Å². The molecular formula is C14H7ClN6O12. The van der Waals surface area contributed by atoms with Crippen molar-refractivity contribution < 1.29 is 29.5 Å². The molecule has 33 heavy (non-hydrogen) atoms. The Bertz CT molecular complexity index is 1180. The monoisotopic (exact) mass is 486 g/mol. The van der Waals surface area contributed by atoms with Crippen molar-refractivity contribution in [2.45, 2.75) is 11.8 Å². The number of non-ortho nitro benzene ring substituents is 2. The van der Waals surface area contributed by atoms with Crippen LogP contribution in [0, 0.1) is 60.7 Å². The van der Waals surface area contributed by atoms with Crippen LogP contribution in [0.15, 0.2) is 24.3 Å². The standard InChI is InChI=1S/C14H7ClN6O12/c15-9(14-12(20(30)31)3-7(17(24)25)4-13(14)21(32)33)5-8-10(18(26)27)1-6(16(22)23)2-11(8)19(28)29/h1-4,9H,5H2. The summed E-state index contributed by atoms with van der Waals surface area (Å²) in [7, 11) is 0. The van der Waals surface area contributed by atoms with Crippen molar-refractivity contribution in [3.05, 3.63) is 96.1 Å². The van der Waals surface area contributed by atoms with Crippen LogP contribution < -0.4 is 0 Å². The van der Waals surface area contributed by atoms with E-state index in [1.807, 2.05) is 0 Å². The second-order valence-electron chi connectivity index (χ2n) is 6.07. The van der Waals surface area contributed by atoms with Gasteiger partial charge in [-0.15, -0.1) is 11.6 Å². The highest BCUT2D eigenvalue weighted by Crippen LogP contribution is 2.44. The van der Waals surface area contributed by atoms with Gasteiger partial charge in [0.2, 0.25) is 0 Å². The fourth-order valence-electron chi connectivity index (χ4n) is 2.89. The predicted molar refractivity (Wildman–Crippen MR) is 105 cm³/mol. The second kappa shape index (κ2) is 9.09. The number of halogens is 1. The molecule has 1 atom stereocenters. The van der Waals surface area contributed by atoms with Crippen molar-refractivity contribution in [2.24, 2.45) is 0 Å². The summed E-state index contributed by atoms with van der Waals surface area (Å²) in [4.78, 5) is 60.4. The van der Waals surface area contributed by atoms with Gasteiger partial charge in [0.25, 0.3) is 34.1 Å². The predicted octanol–water partition coefficient (Wildman–Crippen LogP) is 3.66. The minimum Gasteiger partial charge on any atom is -0.258 e. The number of nitrogens with zero attached hydrogens (tertiary/aromatic N) is 6. The summed E-state index contributed by atoms with van der Waals surface area (Å²) in [6.07, 6.45) is -0.994. The molecule has 19 heteroatoms. The molecule has 0 aromatic heterocycles. The van der Waals surface area contributed by atoms with Crippen molar-refractivity contribution in [3.63, 3.8) is 0 Å². The van der Waals surface area contributed by atoms with E-state index in [0.29, 0.717) is 24.3 Å². The van der Waals surface area contributed by atoms with Crippen LogP contribution in [0.1, 0.15) is 16.5 Å². The molecule has 0 spiro atoms. The van der Waals surface area contributed by atoms with Gasteiger partial charge in [0, 0.05) is 6.42 Å². The van der Waals surface area contributed by atoms with E-state index in [2.05, 4.69) is 0 Å². The smallest absolute Gasteiger partial charge is 0.258 e. The van der Waals surface area contributed by atoms with Crippen molar-refractivity contribution in [1.29, 1.82) is 0 Å². The van der Waals surface area contributed by atoms with Gasteiger partial charge in [-0.05, 0) is 0 Å². The lowest BCUT2D eigenvalue weighted by atomic mass is 9.97. The van der Waals surface area contributed by atoms with Crippen molar-refractivity contribution in [3.8, 4) is 0 Å². The summed E-state index contributed by atoms with van der Waals surface area (Å²) < 4.78 is 0. The van der Waals surface area contributed by atoms with Gasteiger partial charge in [-0.2, -0.15) is 0 Å². The molecule has 0 amide bonds. The van der Waals surface area contributed by atoms with Gasteiger partial charge in [0.05, 0.1) is 59.2 Å². The zero-order chi connectivity index (χ0) is 25.2. The zero-order valence-electron chi connectivity index (χ0n) is 15.6. The largest absolute Gasteiger partial charge is 0.287 e. The fraction of sp³-hybridized carbons (Fsp3) is 0.143. The molecule has 18 nitrogen and oxygen atoms in total. The lowest BCUT2D eigenvalue weighted by Crippen LogP contribution is -2.09. The van der Waals surface area contributed by atoms with Crippen LogP contribution in [0.25, 0.3) is 0 Å². The molecule has 2 aromatic carbocycles. The van der Waals surface area contributed by atoms with E-state index < -0.39 is 86.6 Å². The molecule has 0 fully saturated rings. The fourth-order valence-corrected chi connectivity index (χ4v) is 3.26. The number of hydrogen-bond acceptors (Lipinski definition) is 12. The lowest BCUT2D eigenvalue weighted by Gasteiger charge is -2.12. The Hall–Kier alpha value is -4.87. The average molecular weight is 487 g/mol. The molecule has 2 rings (SSSR count). The zero-order valence-corrected chi connectivity index (χ0v) is 16.3. The van der Waals surface area contributed by atoms with Crippen LogP contribution >= 0.6 is 11.6 Å². The van der Waals surface area contributed by atoms with Gasteiger partial charge in [-0.25, -0.2) is 0 Å². The molecule has 0 saturated carbocycles. The first-order valence-electron chi connectivity index (χ1n) is 8.11. The Morgan fingerprint density at radius 1 is 0.576 bits per heavy atom. The van der Waals surface area contributed by atoms with Crippen LogP contribution in [0.5, 0.6) is 0 Å². The van der Waals surface area contributed by atoms with E-state index >= 15 is 0 Å². The van der Waals surface area contributed by atoms with E-state index in [1.165, 1.54) is 0 Å². The summed E-state index contributed by atoms with van der Waals surface area (Å²) >= 11 is 6.07. The molecule has 0 bridgehead atoms. The summed E-state index contributed by atoms with van der Waals surface area (Å²) in [5, 5.41) is 65.6. The Morgan fingerprint density at radius 3 is 1.15 bits per heavy atom. The first kappa shape index (κ1) is 24.4. The number of nitro benzene ring substituents is 6. The molecule has 0 saturated heterocycles. The molecule has 0 heterocycles. The number of hydrogen-bond donors (Lipinski definition) is 0. The maximum absolute atomic E-state index is 11.4. The third kappa shape index (κ3) is 4.90. The number of nitro groups is 6. The van der Waals surface area contributed by atoms with Crippen molar-refractivity contribution in [1.82, 2.24) is 0 Å². The van der Waals surface area contributed by atoms with E-state index in [9.17, 15) is 60.7 Å². The van der Waals surface area contributed by atoms with Gasteiger partial charge in [0.1, 0.15) is 11.1 Å². The average Bonchev–Trinajstić information content (AvgIpc) is 2.71. The van der Waals surface area contributed by atoms with Crippen LogP contribution in [0.2, 0.25) is 0 Å². The first-order chi connectivity index (χ1) is 15.3. The maximum atomic E-state index is 11.4. The summed E-state index contributed by atoms with van der Waals surface area (Å²) in [5.74, 6) is 0. The summed E-state index contributed by atoms with van der Waals surface area (Å²) in [6, 6.07) is 1.53. The van der Waals surface area contributed by atoms with Crippen molar-refractivity contribution in [2.75, 3.05) is 0 Å². The highest BCUT2D eigenvalue weighted by atomic mass is 35.5. The van der Waals surface area contributed by atoms with Gasteiger partial charge in [-0.3, -0.25) is 60.7 Å². The molecule has 0 N–H and O–H groups in total. The Morgan fingerprint density at radius 2 is 0.879 bits per heavy atom. The molecule has 0 aliphatic rings. The Labute approximate surface area is 183 Å². The van der Waals surface area contributed by atoms with Crippen LogP contribution in [-0.2, 0) is 6.42 Å². The molecule has 0 radical (unpaired) electrons. The van der Waals surface area contributed by atoms with Gasteiger partial charge in [0.15, 0.2) is 0 Å². The van der Waals surface area contributed by atoms with Crippen molar-refractivity contribution >= 4 is 45.7 Å². The topological polar surface area (TPSA) is 259 Å². The summed E-state index contributed by atoms with van der Waals surface area (Å²) in [6.45, 7) is 0. The number of alkyl halides is 1. The van der Waals surface area contributed by atoms with E-state index in [1.54, 1.807) is 0 Å². The van der Waals surface area contributed by atoms with E-state index in [4.69, 9.17) is 11.6 Å². The highest BCUT2D eigenvalue weighted by Gasteiger charge is 2.38.